The number of nitrogens with one attached hydrogen (secondary N) is 4. The minimum absolute atomic E-state index is 0.00674. The van der Waals surface area contributed by atoms with Crippen LogP contribution in [-0.4, -0.2) is 71.0 Å². The highest BCUT2D eigenvalue weighted by Crippen LogP contribution is 2.28. The van der Waals surface area contributed by atoms with Gasteiger partial charge in [-0.3, -0.25) is 4.79 Å². The van der Waals surface area contributed by atoms with Gasteiger partial charge in [0.05, 0.1) is 36.4 Å². The molecule has 1 aliphatic carbocycles. The van der Waals surface area contributed by atoms with Crippen LogP contribution in [0.1, 0.15) is 37.7 Å². The first-order valence-corrected chi connectivity index (χ1v) is 13.6. The zero-order chi connectivity index (χ0) is 22.8. The van der Waals surface area contributed by atoms with Gasteiger partial charge in [-0.2, -0.15) is 0 Å². The average Bonchev–Trinajstić information content (AvgIpc) is 3.27. The maximum Gasteiger partial charge on any atom is 0.240 e. The first-order chi connectivity index (χ1) is 16.0. The Morgan fingerprint density at radius 2 is 1.82 bits per heavy atom. The quantitative estimate of drug-likeness (QED) is 0.463. The maximum atomic E-state index is 12.9. The summed E-state index contributed by atoms with van der Waals surface area (Å²) in [6.07, 6.45) is 4.11. The van der Waals surface area contributed by atoms with Crippen molar-refractivity contribution in [1.29, 1.82) is 0 Å². The fourth-order valence-electron chi connectivity index (χ4n) is 5.56. The van der Waals surface area contributed by atoms with Crippen LogP contribution in [0.4, 0.5) is 0 Å². The molecule has 6 atom stereocenters. The van der Waals surface area contributed by atoms with E-state index in [-0.39, 0.29) is 35.1 Å². The Bertz CT molecular complexity index is 927. The van der Waals surface area contributed by atoms with Crippen LogP contribution in [0.15, 0.2) is 29.2 Å². The van der Waals surface area contributed by atoms with E-state index in [0.717, 1.165) is 44.3 Å². The summed E-state index contributed by atoms with van der Waals surface area (Å²) in [5.41, 5.74) is 0.868. The molecule has 3 saturated heterocycles. The van der Waals surface area contributed by atoms with Gasteiger partial charge in [0.2, 0.25) is 15.9 Å². The van der Waals surface area contributed by atoms with E-state index in [1.807, 2.05) is 0 Å². The Morgan fingerprint density at radius 3 is 2.61 bits per heavy atom. The molecular weight excluding hydrogens is 444 g/mol. The lowest BCUT2D eigenvalue weighted by Gasteiger charge is -2.38. The minimum Gasteiger partial charge on any atom is -0.373 e. The van der Waals surface area contributed by atoms with Gasteiger partial charge in [0.1, 0.15) is 0 Å². The molecule has 4 N–H and O–H groups in total. The molecule has 1 aromatic carbocycles. The van der Waals surface area contributed by atoms with Crippen molar-refractivity contribution in [3.05, 3.63) is 29.8 Å². The second-order valence-corrected chi connectivity index (χ2v) is 11.3. The van der Waals surface area contributed by atoms with Gasteiger partial charge in [-0.25, -0.2) is 13.1 Å². The van der Waals surface area contributed by atoms with Crippen molar-refractivity contribution in [3.63, 3.8) is 0 Å². The van der Waals surface area contributed by atoms with Gasteiger partial charge in [-0.1, -0.05) is 12.1 Å². The molecule has 182 valence electrons. The smallest absolute Gasteiger partial charge is 0.240 e. The monoisotopic (exact) mass is 478 g/mol. The third-order valence-corrected chi connectivity index (χ3v) is 8.91. The highest BCUT2D eigenvalue weighted by atomic mass is 32.2. The molecule has 0 spiro atoms. The number of benzene rings is 1. The van der Waals surface area contributed by atoms with Crippen LogP contribution in [0.25, 0.3) is 0 Å². The zero-order valence-corrected chi connectivity index (χ0v) is 19.6. The molecular formula is C23H34N4O5S. The summed E-state index contributed by atoms with van der Waals surface area (Å²) < 4.78 is 40.0. The number of sulfonamides is 1. The number of ether oxygens (including phenoxy) is 2. The second kappa shape index (κ2) is 9.97. The molecule has 33 heavy (non-hydrogen) atoms. The fourth-order valence-corrected chi connectivity index (χ4v) is 6.85. The van der Waals surface area contributed by atoms with Crippen LogP contribution in [-0.2, 0) is 30.8 Å². The molecule has 5 rings (SSSR count). The normalized spacial score (nSPS) is 34.3. The van der Waals surface area contributed by atoms with Crippen LogP contribution in [0.2, 0.25) is 0 Å². The SMILES string of the molecule is O=C(NCc1ccc(S(=O)(=O)NC2CCC3OCCOC3C2)cc1)C1CC2CNCCC2N1. The summed E-state index contributed by atoms with van der Waals surface area (Å²) >= 11 is 0. The van der Waals surface area contributed by atoms with Crippen LogP contribution in [0.5, 0.6) is 0 Å². The molecule has 0 aromatic heterocycles. The van der Waals surface area contributed by atoms with Gasteiger partial charge in [-0.15, -0.1) is 0 Å². The van der Waals surface area contributed by atoms with Crippen molar-refractivity contribution < 1.29 is 22.7 Å². The van der Waals surface area contributed by atoms with Crippen LogP contribution >= 0.6 is 0 Å². The maximum absolute atomic E-state index is 12.9. The summed E-state index contributed by atoms with van der Waals surface area (Å²) in [5.74, 6) is 0.519. The average molecular weight is 479 g/mol. The molecule has 3 aliphatic heterocycles. The molecule has 1 aromatic rings. The van der Waals surface area contributed by atoms with E-state index in [0.29, 0.717) is 38.1 Å². The van der Waals surface area contributed by atoms with E-state index >= 15 is 0 Å². The Labute approximate surface area is 195 Å². The number of piperidine rings is 1. The molecule has 4 aliphatic rings. The van der Waals surface area contributed by atoms with Gasteiger partial charge in [0.25, 0.3) is 0 Å². The summed E-state index contributed by atoms with van der Waals surface area (Å²) in [7, 11) is -3.62. The van der Waals surface area contributed by atoms with Gasteiger partial charge in [-0.05, 0) is 68.8 Å². The van der Waals surface area contributed by atoms with Crippen molar-refractivity contribution in [1.82, 2.24) is 20.7 Å². The van der Waals surface area contributed by atoms with Crippen molar-refractivity contribution in [2.24, 2.45) is 5.92 Å². The summed E-state index contributed by atoms with van der Waals surface area (Å²) in [6.45, 7) is 3.51. The van der Waals surface area contributed by atoms with Crippen molar-refractivity contribution >= 4 is 15.9 Å². The molecule has 1 saturated carbocycles. The van der Waals surface area contributed by atoms with E-state index in [1.165, 1.54) is 0 Å². The van der Waals surface area contributed by atoms with E-state index < -0.39 is 10.0 Å². The lowest BCUT2D eigenvalue weighted by molar-refractivity contribution is -0.156. The Balaban J connectivity index is 1.12. The molecule has 0 bridgehead atoms. The van der Waals surface area contributed by atoms with E-state index in [4.69, 9.17) is 9.47 Å². The Hall–Kier alpha value is -1.56. The highest BCUT2D eigenvalue weighted by molar-refractivity contribution is 7.89. The molecule has 6 unspecified atom stereocenters. The van der Waals surface area contributed by atoms with E-state index in [1.54, 1.807) is 24.3 Å². The first kappa shape index (κ1) is 23.2. The first-order valence-electron chi connectivity index (χ1n) is 12.1. The third-order valence-electron chi connectivity index (χ3n) is 7.38. The number of fused-ring (bicyclic) bond motifs is 2. The van der Waals surface area contributed by atoms with Gasteiger partial charge >= 0.3 is 0 Å². The van der Waals surface area contributed by atoms with Crippen molar-refractivity contribution in [3.8, 4) is 0 Å². The largest absolute Gasteiger partial charge is 0.373 e. The van der Waals surface area contributed by atoms with E-state index in [9.17, 15) is 13.2 Å². The highest BCUT2D eigenvalue weighted by Gasteiger charge is 2.38. The number of hydrogen-bond acceptors (Lipinski definition) is 7. The van der Waals surface area contributed by atoms with Gasteiger partial charge in [0.15, 0.2) is 0 Å². The number of amides is 1. The lowest BCUT2D eigenvalue weighted by Crippen LogP contribution is -2.49. The zero-order valence-electron chi connectivity index (χ0n) is 18.8. The number of hydrogen-bond donors (Lipinski definition) is 4. The Morgan fingerprint density at radius 1 is 1.03 bits per heavy atom. The fraction of sp³-hybridized carbons (Fsp3) is 0.696. The molecule has 3 heterocycles. The molecule has 0 radical (unpaired) electrons. The number of carbonyl (C=O) groups is 1. The number of rotatable bonds is 6. The van der Waals surface area contributed by atoms with E-state index in [2.05, 4.69) is 20.7 Å². The van der Waals surface area contributed by atoms with Crippen LogP contribution in [0.3, 0.4) is 0 Å². The standard InChI is InChI=1S/C23H34N4O5S/c28-23(20-11-16-14-24-8-7-19(16)26-20)25-13-15-1-4-18(5-2-15)33(29,30)27-17-3-6-21-22(12-17)32-10-9-31-21/h1-2,4-5,16-17,19-22,24,26-27H,3,6-14H2,(H,25,28). The third kappa shape index (κ3) is 5.41. The van der Waals surface area contributed by atoms with Gasteiger partial charge in [0, 0.05) is 18.6 Å². The van der Waals surface area contributed by atoms with Gasteiger partial charge < -0.3 is 25.4 Å². The van der Waals surface area contributed by atoms with Crippen molar-refractivity contribution in [2.75, 3.05) is 26.3 Å². The predicted octanol–water partition coefficient (Wildman–Crippen LogP) is 0.258. The van der Waals surface area contributed by atoms with Crippen molar-refractivity contribution in [2.45, 2.75) is 73.9 Å². The second-order valence-electron chi connectivity index (χ2n) is 9.63. The van der Waals surface area contributed by atoms with Crippen LogP contribution < -0.4 is 20.7 Å². The molecule has 1 amide bonds. The lowest BCUT2D eigenvalue weighted by atomic mass is 9.90. The van der Waals surface area contributed by atoms with Crippen LogP contribution in [0, 0.1) is 5.92 Å². The Kier molecular flexibility index (Phi) is 7.01. The summed E-state index contributed by atoms with van der Waals surface area (Å²) in [5, 5.41) is 9.84. The summed E-state index contributed by atoms with van der Waals surface area (Å²) in [6, 6.07) is 6.83. The topological polar surface area (TPSA) is 118 Å². The predicted molar refractivity (Wildman–Crippen MR) is 122 cm³/mol. The number of carbonyl (C=O) groups excluding carboxylic acids is 1. The molecule has 9 nitrogen and oxygen atoms in total. The molecule has 10 heteroatoms. The molecule has 4 fully saturated rings. The minimum atomic E-state index is -3.62. The summed E-state index contributed by atoms with van der Waals surface area (Å²) in [4.78, 5) is 12.8.